The second-order valence-electron chi connectivity index (χ2n) is 3.63. The highest BCUT2D eigenvalue weighted by Gasteiger charge is 2.15. The summed E-state index contributed by atoms with van der Waals surface area (Å²) in [6.07, 6.45) is 6.30. The van der Waals surface area contributed by atoms with Gasteiger partial charge in [0.05, 0.1) is 18.4 Å². The van der Waals surface area contributed by atoms with E-state index in [0.717, 1.165) is 31.9 Å². The van der Waals surface area contributed by atoms with E-state index in [1.807, 2.05) is 6.92 Å². The van der Waals surface area contributed by atoms with E-state index < -0.39 is 0 Å². The molecule has 0 aromatic carbocycles. The monoisotopic (exact) mass is 256 g/mol. The second-order valence-corrected chi connectivity index (χ2v) is 3.63. The highest BCUT2D eigenvalue weighted by atomic mass is 16.5. The normalized spacial score (nSPS) is 10.4. The Morgan fingerprint density at radius 1 is 1.17 bits per heavy atom. The number of hydrogen-bond donors (Lipinski definition) is 0. The molecule has 104 valence electrons. The van der Waals surface area contributed by atoms with Crippen molar-refractivity contribution in [3.05, 3.63) is 25.7 Å². The molecule has 0 heterocycles. The molecule has 4 nitrogen and oxygen atoms in total. The predicted molar refractivity (Wildman–Crippen MR) is 71.6 cm³/mol. The SMILES string of the molecule is C=COC(=O)C(CC)CCCC.C=COC(C)=O. The Hall–Kier alpha value is -1.58. The van der Waals surface area contributed by atoms with E-state index in [2.05, 4.69) is 24.8 Å². The first-order chi connectivity index (χ1) is 8.53. The Morgan fingerprint density at radius 3 is 2.00 bits per heavy atom. The molecule has 0 saturated heterocycles. The molecule has 1 atom stereocenters. The topological polar surface area (TPSA) is 52.6 Å². The number of carbonyl (C=O) groups is 2. The first kappa shape index (κ1) is 18.8. The van der Waals surface area contributed by atoms with E-state index in [9.17, 15) is 9.59 Å². The first-order valence-corrected chi connectivity index (χ1v) is 6.12. The van der Waals surface area contributed by atoms with Crippen LogP contribution in [0.3, 0.4) is 0 Å². The highest BCUT2D eigenvalue weighted by Crippen LogP contribution is 2.14. The van der Waals surface area contributed by atoms with Crippen LogP contribution in [-0.2, 0) is 19.1 Å². The van der Waals surface area contributed by atoms with Crippen molar-refractivity contribution in [2.24, 2.45) is 5.92 Å². The highest BCUT2D eigenvalue weighted by molar-refractivity contribution is 5.72. The molecule has 1 unspecified atom stereocenters. The van der Waals surface area contributed by atoms with E-state index in [1.54, 1.807) is 0 Å². The van der Waals surface area contributed by atoms with Crippen LogP contribution in [0.25, 0.3) is 0 Å². The molecule has 0 aromatic heterocycles. The molecule has 0 amide bonds. The van der Waals surface area contributed by atoms with Crippen molar-refractivity contribution in [1.29, 1.82) is 0 Å². The van der Waals surface area contributed by atoms with Gasteiger partial charge in [-0.15, -0.1) is 0 Å². The van der Waals surface area contributed by atoms with Gasteiger partial charge in [0.1, 0.15) is 0 Å². The number of esters is 2. The maximum Gasteiger partial charge on any atom is 0.313 e. The largest absolute Gasteiger partial charge is 0.435 e. The summed E-state index contributed by atoms with van der Waals surface area (Å²) in [5.41, 5.74) is 0. The van der Waals surface area contributed by atoms with Crippen LogP contribution in [0.2, 0.25) is 0 Å². The molecule has 0 aliphatic heterocycles. The van der Waals surface area contributed by atoms with E-state index >= 15 is 0 Å². The summed E-state index contributed by atoms with van der Waals surface area (Å²) in [5, 5.41) is 0. The summed E-state index contributed by atoms with van der Waals surface area (Å²) in [4.78, 5) is 20.9. The molecule has 0 aromatic rings. The molecule has 18 heavy (non-hydrogen) atoms. The van der Waals surface area contributed by atoms with Crippen LogP contribution in [-0.4, -0.2) is 11.9 Å². The van der Waals surface area contributed by atoms with Crippen LogP contribution in [0.15, 0.2) is 25.7 Å². The first-order valence-electron chi connectivity index (χ1n) is 6.12. The number of carbonyl (C=O) groups excluding carboxylic acids is 2. The standard InChI is InChI=1S/C10H18O2.C4H6O2/c1-4-7-8-9(5-2)10(11)12-6-3;1-3-6-4(2)5/h6,9H,3-5,7-8H2,1-2H3;3H,1H2,2H3. The molecule has 0 N–H and O–H groups in total. The molecule has 0 bridgehead atoms. The van der Waals surface area contributed by atoms with Crippen LogP contribution in [0.5, 0.6) is 0 Å². The van der Waals surface area contributed by atoms with Gasteiger partial charge in [-0.2, -0.15) is 0 Å². The Labute approximate surface area is 110 Å². The molecular formula is C14H24O4. The van der Waals surface area contributed by atoms with Crippen molar-refractivity contribution < 1.29 is 19.1 Å². The summed E-state index contributed by atoms with van der Waals surface area (Å²) in [7, 11) is 0. The summed E-state index contributed by atoms with van der Waals surface area (Å²) < 4.78 is 8.88. The van der Waals surface area contributed by atoms with Gasteiger partial charge in [0.2, 0.25) is 0 Å². The predicted octanol–water partition coefficient (Wildman–Crippen LogP) is 3.58. The molecule has 0 saturated carbocycles. The average molecular weight is 256 g/mol. The Bertz CT molecular complexity index is 259. The fourth-order valence-corrected chi connectivity index (χ4v) is 1.23. The van der Waals surface area contributed by atoms with Crippen molar-refractivity contribution in [2.75, 3.05) is 0 Å². The third kappa shape index (κ3) is 12.5. The molecule has 0 radical (unpaired) electrons. The number of unbranched alkanes of at least 4 members (excludes halogenated alkanes) is 1. The summed E-state index contributed by atoms with van der Waals surface area (Å²) >= 11 is 0. The van der Waals surface area contributed by atoms with E-state index in [-0.39, 0.29) is 17.9 Å². The smallest absolute Gasteiger partial charge is 0.313 e. The third-order valence-corrected chi connectivity index (χ3v) is 2.18. The Morgan fingerprint density at radius 2 is 1.72 bits per heavy atom. The fraction of sp³-hybridized carbons (Fsp3) is 0.571. The van der Waals surface area contributed by atoms with Gasteiger partial charge in [-0.25, -0.2) is 0 Å². The molecule has 0 fully saturated rings. The van der Waals surface area contributed by atoms with Crippen molar-refractivity contribution in [2.45, 2.75) is 46.5 Å². The summed E-state index contributed by atoms with van der Waals surface area (Å²) in [5.74, 6) is -0.408. The summed E-state index contributed by atoms with van der Waals surface area (Å²) in [6.45, 7) is 12.0. The maximum atomic E-state index is 11.2. The lowest BCUT2D eigenvalue weighted by Gasteiger charge is -2.10. The minimum absolute atomic E-state index is 0.0583. The molecule has 0 spiro atoms. The lowest BCUT2D eigenvalue weighted by Crippen LogP contribution is -2.14. The molecule has 0 aliphatic carbocycles. The van der Waals surface area contributed by atoms with Crippen molar-refractivity contribution in [3.8, 4) is 0 Å². The zero-order valence-corrected chi connectivity index (χ0v) is 11.6. The van der Waals surface area contributed by atoms with Crippen LogP contribution < -0.4 is 0 Å². The number of rotatable bonds is 7. The lowest BCUT2D eigenvalue weighted by atomic mass is 10.00. The number of ether oxygens (including phenoxy) is 2. The quantitative estimate of drug-likeness (QED) is 0.516. The van der Waals surface area contributed by atoms with E-state index in [1.165, 1.54) is 13.2 Å². The van der Waals surface area contributed by atoms with E-state index in [4.69, 9.17) is 4.74 Å². The second kappa shape index (κ2) is 13.5. The van der Waals surface area contributed by atoms with Crippen LogP contribution in [0.4, 0.5) is 0 Å². The molecule has 0 rings (SSSR count). The van der Waals surface area contributed by atoms with Gasteiger partial charge in [0.15, 0.2) is 0 Å². The Balaban J connectivity index is 0. The van der Waals surface area contributed by atoms with Crippen molar-refractivity contribution >= 4 is 11.9 Å². The van der Waals surface area contributed by atoms with Crippen LogP contribution in [0.1, 0.15) is 46.5 Å². The fourth-order valence-electron chi connectivity index (χ4n) is 1.23. The van der Waals surface area contributed by atoms with Gasteiger partial charge < -0.3 is 9.47 Å². The van der Waals surface area contributed by atoms with E-state index in [0.29, 0.717) is 0 Å². The average Bonchev–Trinajstić information content (AvgIpc) is 2.31. The van der Waals surface area contributed by atoms with Gasteiger partial charge >= 0.3 is 11.9 Å². The maximum absolute atomic E-state index is 11.2. The summed E-state index contributed by atoms with van der Waals surface area (Å²) in [6, 6.07) is 0. The van der Waals surface area contributed by atoms with Gasteiger partial charge in [0.25, 0.3) is 0 Å². The molecular weight excluding hydrogens is 232 g/mol. The minimum Gasteiger partial charge on any atom is -0.435 e. The lowest BCUT2D eigenvalue weighted by molar-refractivity contribution is -0.143. The third-order valence-electron chi connectivity index (χ3n) is 2.18. The zero-order chi connectivity index (χ0) is 14.4. The zero-order valence-electron chi connectivity index (χ0n) is 11.6. The van der Waals surface area contributed by atoms with Crippen LogP contribution >= 0.6 is 0 Å². The van der Waals surface area contributed by atoms with Crippen molar-refractivity contribution in [1.82, 2.24) is 0 Å². The van der Waals surface area contributed by atoms with Gasteiger partial charge in [-0.1, -0.05) is 39.8 Å². The van der Waals surface area contributed by atoms with Crippen molar-refractivity contribution in [3.63, 3.8) is 0 Å². The minimum atomic E-state index is -0.329. The van der Waals surface area contributed by atoms with Crippen LogP contribution in [0, 0.1) is 5.92 Å². The number of hydrogen-bond acceptors (Lipinski definition) is 4. The molecule has 4 heteroatoms. The Kier molecular flexibility index (Phi) is 14.1. The van der Waals surface area contributed by atoms with Gasteiger partial charge in [-0.05, 0) is 12.8 Å². The van der Waals surface area contributed by atoms with Gasteiger partial charge in [-0.3, -0.25) is 9.59 Å². The van der Waals surface area contributed by atoms with Gasteiger partial charge in [0, 0.05) is 6.92 Å². The molecule has 0 aliphatic rings.